The summed E-state index contributed by atoms with van der Waals surface area (Å²) in [6, 6.07) is 11.1. The highest BCUT2D eigenvalue weighted by Gasteiger charge is 2.13. The van der Waals surface area contributed by atoms with Crippen LogP contribution in [0, 0.1) is 12.7 Å². The van der Waals surface area contributed by atoms with E-state index in [9.17, 15) is 9.18 Å². The van der Waals surface area contributed by atoms with Crippen molar-refractivity contribution in [2.45, 2.75) is 26.7 Å². The van der Waals surface area contributed by atoms with E-state index in [2.05, 4.69) is 0 Å². The van der Waals surface area contributed by atoms with Crippen LogP contribution in [0.4, 0.5) is 4.39 Å². The molecule has 0 bridgehead atoms. The number of benzene rings is 2. The Kier molecular flexibility index (Phi) is 4.18. The largest absolute Gasteiger partial charge is 0.423 e. The van der Waals surface area contributed by atoms with Crippen molar-refractivity contribution in [2.75, 3.05) is 0 Å². The number of ether oxygens (including phenoxy) is 1. The molecular weight excluding hydrogens is 255 g/mol. The second-order valence-corrected chi connectivity index (χ2v) is 5.09. The van der Waals surface area contributed by atoms with Gasteiger partial charge in [0.05, 0.1) is 5.56 Å². The average Bonchev–Trinajstić information content (AvgIpc) is 2.39. The van der Waals surface area contributed by atoms with Crippen molar-refractivity contribution in [3.63, 3.8) is 0 Å². The molecule has 0 heterocycles. The molecule has 0 saturated heterocycles. The van der Waals surface area contributed by atoms with Crippen molar-refractivity contribution < 1.29 is 13.9 Å². The van der Waals surface area contributed by atoms with Crippen molar-refractivity contribution >= 4 is 5.97 Å². The summed E-state index contributed by atoms with van der Waals surface area (Å²) in [4.78, 5) is 12.1. The molecular formula is C17H17FO2. The van der Waals surface area contributed by atoms with Gasteiger partial charge in [-0.1, -0.05) is 26.0 Å². The Bertz CT molecular complexity index is 615. The highest BCUT2D eigenvalue weighted by Crippen LogP contribution is 2.28. The topological polar surface area (TPSA) is 26.3 Å². The number of rotatable bonds is 3. The molecule has 0 spiro atoms. The summed E-state index contributed by atoms with van der Waals surface area (Å²) in [7, 11) is 0. The summed E-state index contributed by atoms with van der Waals surface area (Å²) < 4.78 is 18.3. The minimum absolute atomic E-state index is 0.256. The van der Waals surface area contributed by atoms with E-state index in [4.69, 9.17) is 4.74 Å². The van der Waals surface area contributed by atoms with Gasteiger partial charge in [0.25, 0.3) is 0 Å². The standard InChI is InChI=1S/C17H17FO2/c1-11(2)15-9-4-12(3)10-16(15)20-17(19)13-5-7-14(18)8-6-13/h4-11H,1-3H3. The van der Waals surface area contributed by atoms with Crippen LogP contribution in [0.2, 0.25) is 0 Å². The van der Waals surface area contributed by atoms with Crippen molar-refractivity contribution in [1.82, 2.24) is 0 Å². The van der Waals surface area contributed by atoms with Crippen molar-refractivity contribution in [3.8, 4) is 5.75 Å². The van der Waals surface area contributed by atoms with Crippen LogP contribution in [0.15, 0.2) is 42.5 Å². The molecule has 0 fully saturated rings. The predicted octanol–water partition coefficient (Wildman–Crippen LogP) is 4.48. The van der Waals surface area contributed by atoms with Gasteiger partial charge in [0.2, 0.25) is 0 Å². The van der Waals surface area contributed by atoms with Gasteiger partial charge < -0.3 is 4.74 Å². The normalized spacial score (nSPS) is 10.7. The van der Waals surface area contributed by atoms with E-state index in [1.54, 1.807) is 0 Å². The van der Waals surface area contributed by atoms with Gasteiger partial charge in [-0.15, -0.1) is 0 Å². The first-order chi connectivity index (χ1) is 9.47. The lowest BCUT2D eigenvalue weighted by molar-refractivity contribution is 0.0732. The van der Waals surface area contributed by atoms with E-state index in [1.807, 2.05) is 39.0 Å². The zero-order valence-electron chi connectivity index (χ0n) is 11.8. The quantitative estimate of drug-likeness (QED) is 0.608. The Balaban J connectivity index is 2.27. The van der Waals surface area contributed by atoms with Crippen molar-refractivity contribution in [1.29, 1.82) is 0 Å². The monoisotopic (exact) mass is 272 g/mol. The highest BCUT2D eigenvalue weighted by molar-refractivity contribution is 5.91. The maximum Gasteiger partial charge on any atom is 0.343 e. The van der Waals surface area contributed by atoms with E-state index in [0.29, 0.717) is 11.3 Å². The molecule has 0 atom stereocenters. The van der Waals surface area contributed by atoms with E-state index < -0.39 is 5.97 Å². The number of esters is 1. The molecule has 0 aliphatic heterocycles. The van der Waals surface area contributed by atoms with E-state index in [1.165, 1.54) is 24.3 Å². The summed E-state index contributed by atoms with van der Waals surface area (Å²) in [5, 5.41) is 0. The lowest BCUT2D eigenvalue weighted by Crippen LogP contribution is -2.10. The molecule has 2 aromatic carbocycles. The summed E-state index contributed by atoms with van der Waals surface area (Å²) in [6.07, 6.45) is 0. The molecule has 2 nitrogen and oxygen atoms in total. The third kappa shape index (κ3) is 3.23. The fourth-order valence-corrected chi connectivity index (χ4v) is 1.95. The number of aryl methyl sites for hydroxylation is 1. The second kappa shape index (κ2) is 5.87. The van der Waals surface area contributed by atoms with Gasteiger partial charge in [0, 0.05) is 0 Å². The van der Waals surface area contributed by atoms with Crippen molar-refractivity contribution in [3.05, 3.63) is 65.0 Å². The van der Waals surface area contributed by atoms with Crippen LogP contribution >= 0.6 is 0 Å². The summed E-state index contributed by atoms with van der Waals surface area (Å²) >= 11 is 0. The fourth-order valence-electron chi connectivity index (χ4n) is 1.95. The number of hydrogen-bond acceptors (Lipinski definition) is 2. The van der Waals surface area contributed by atoms with E-state index >= 15 is 0 Å². The molecule has 0 aromatic heterocycles. The first-order valence-electron chi connectivity index (χ1n) is 6.55. The van der Waals surface area contributed by atoms with Gasteiger partial charge in [0.15, 0.2) is 0 Å². The predicted molar refractivity (Wildman–Crippen MR) is 76.6 cm³/mol. The number of carbonyl (C=O) groups excluding carboxylic acids is 1. The molecule has 0 amide bonds. The maximum atomic E-state index is 12.8. The first-order valence-corrected chi connectivity index (χ1v) is 6.55. The molecule has 2 aromatic rings. The smallest absolute Gasteiger partial charge is 0.343 e. The SMILES string of the molecule is Cc1ccc(C(C)C)c(OC(=O)c2ccc(F)cc2)c1. The fraction of sp³-hybridized carbons (Fsp3) is 0.235. The number of hydrogen-bond donors (Lipinski definition) is 0. The Morgan fingerprint density at radius 3 is 2.35 bits per heavy atom. The Labute approximate surface area is 118 Å². The maximum absolute atomic E-state index is 12.8. The summed E-state index contributed by atoms with van der Waals surface area (Å²) in [6.45, 7) is 6.03. The van der Waals surface area contributed by atoms with Gasteiger partial charge in [0.1, 0.15) is 11.6 Å². The van der Waals surface area contributed by atoms with Crippen LogP contribution in [0.1, 0.15) is 41.3 Å². The van der Waals surface area contributed by atoms with Crippen LogP contribution in [-0.4, -0.2) is 5.97 Å². The van der Waals surface area contributed by atoms with Crippen LogP contribution in [-0.2, 0) is 0 Å². The average molecular weight is 272 g/mol. The second-order valence-electron chi connectivity index (χ2n) is 5.09. The zero-order chi connectivity index (χ0) is 14.7. The van der Waals surface area contributed by atoms with Crippen LogP contribution in [0.5, 0.6) is 5.75 Å². The number of halogens is 1. The molecule has 0 aliphatic carbocycles. The Hall–Kier alpha value is -2.16. The summed E-state index contributed by atoms with van der Waals surface area (Å²) in [5.41, 5.74) is 2.34. The zero-order valence-corrected chi connectivity index (χ0v) is 11.8. The molecule has 20 heavy (non-hydrogen) atoms. The van der Waals surface area contributed by atoms with Crippen molar-refractivity contribution in [2.24, 2.45) is 0 Å². The van der Waals surface area contributed by atoms with E-state index in [0.717, 1.165) is 11.1 Å². The molecule has 0 unspecified atom stereocenters. The molecule has 0 N–H and O–H groups in total. The van der Waals surface area contributed by atoms with Crippen LogP contribution in [0.3, 0.4) is 0 Å². The third-order valence-electron chi connectivity index (χ3n) is 3.07. The first kappa shape index (κ1) is 14.3. The molecule has 2 rings (SSSR count). The summed E-state index contributed by atoms with van der Waals surface area (Å²) in [5.74, 6) is -0.0292. The third-order valence-corrected chi connectivity index (χ3v) is 3.07. The van der Waals surface area contributed by atoms with Crippen LogP contribution < -0.4 is 4.74 Å². The highest BCUT2D eigenvalue weighted by atomic mass is 19.1. The van der Waals surface area contributed by atoms with Gasteiger partial charge in [-0.05, 0) is 54.3 Å². The van der Waals surface area contributed by atoms with Crippen LogP contribution in [0.25, 0.3) is 0 Å². The van der Waals surface area contributed by atoms with Gasteiger partial charge in [-0.2, -0.15) is 0 Å². The molecule has 0 saturated carbocycles. The molecule has 0 aliphatic rings. The Morgan fingerprint density at radius 2 is 1.75 bits per heavy atom. The van der Waals surface area contributed by atoms with Gasteiger partial charge in [-0.25, -0.2) is 9.18 Å². The van der Waals surface area contributed by atoms with E-state index in [-0.39, 0.29) is 11.7 Å². The minimum atomic E-state index is -0.475. The lowest BCUT2D eigenvalue weighted by atomic mass is 10.0. The Morgan fingerprint density at radius 1 is 1.10 bits per heavy atom. The molecule has 0 radical (unpaired) electrons. The minimum Gasteiger partial charge on any atom is -0.423 e. The van der Waals surface area contributed by atoms with Gasteiger partial charge in [-0.3, -0.25) is 0 Å². The number of carbonyl (C=O) groups is 1. The lowest BCUT2D eigenvalue weighted by Gasteiger charge is -2.13. The molecule has 3 heteroatoms. The van der Waals surface area contributed by atoms with Gasteiger partial charge >= 0.3 is 5.97 Å². The molecule has 104 valence electrons.